The Hall–Kier alpha value is -6.44. The largest absolute Gasteiger partial charge is 0.311 e. The fourth-order valence-corrected chi connectivity index (χ4v) is 11.1. The molecule has 2 unspecified atom stereocenters. The maximum Gasteiger partial charge on any atom is 0.0464 e. The van der Waals surface area contributed by atoms with Crippen LogP contribution < -0.4 is 4.90 Å². The van der Waals surface area contributed by atoms with Gasteiger partial charge < -0.3 is 4.90 Å². The Morgan fingerprint density at radius 1 is 0.500 bits per heavy atom. The van der Waals surface area contributed by atoms with Gasteiger partial charge in [-0.1, -0.05) is 181 Å². The van der Waals surface area contributed by atoms with E-state index in [1.807, 2.05) is 0 Å². The van der Waals surface area contributed by atoms with Crippen LogP contribution in [-0.2, 0) is 10.8 Å². The third-order valence-corrected chi connectivity index (χ3v) is 14.3. The van der Waals surface area contributed by atoms with Gasteiger partial charge in [-0.2, -0.15) is 0 Å². The smallest absolute Gasteiger partial charge is 0.0464 e. The van der Waals surface area contributed by atoms with E-state index in [1.165, 1.54) is 99.8 Å². The molecule has 60 heavy (non-hydrogen) atoms. The number of hydrogen-bond donors (Lipinski definition) is 0. The summed E-state index contributed by atoms with van der Waals surface area (Å²) >= 11 is 0. The second kappa shape index (κ2) is 13.5. The lowest BCUT2D eigenvalue weighted by molar-refractivity contribution is 0.392. The van der Waals surface area contributed by atoms with Crippen molar-refractivity contribution in [2.24, 2.45) is 5.92 Å². The molecule has 1 heteroatoms. The van der Waals surface area contributed by atoms with Gasteiger partial charge in [0.05, 0.1) is 0 Å². The molecule has 0 amide bonds. The lowest BCUT2D eigenvalue weighted by Gasteiger charge is -2.35. The first-order valence-electron chi connectivity index (χ1n) is 21.8. The highest BCUT2D eigenvalue weighted by atomic mass is 15.1. The van der Waals surface area contributed by atoms with Crippen LogP contribution in [0.5, 0.6) is 0 Å². The molecule has 8 aromatic carbocycles. The van der Waals surface area contributed by atoms with Gasteiger partial charge in [-0.25, -0.2) is 0 Å². The first kappa shape index (κ1) is 36.6. The monoisotopic (exact) mass is 773 g/mol. The summed E-state index contributed by atoms with van der Waals surface area (Å²) in [6, 6.07) is 61.5. The van der Waals surface area contributed by atoms with Crippen molar-refractivity contribution >= 4 is 32.9 Å². The van der Waals surface area contributed by atoms with E-state index in [1.54, 1.807) is 0 Å². The quantitative estimate of drug-likeness (QED) is 0.163. The molecule has 0 aromatic heterocycles. The third kappa shape index (κ3) is 5.45. The van der Waals surface area contributed by atoms with Crippen LogP contribution >= 0.6 is 0 Å². The van der Waals surface area contributed by atoms with E-state index < -0.39 is 0 Å². The van der Waals surface area contributed by atoms with Crippen molar-refractivity contribution in [1.82, 2.24) is 0 Å². The average molecular weight is 774 g/mol. The molecular formula is C59H51N. The Kier molecular flexibility index (Phi) is 8.27. The van der Waals surface area contributed by atoms with Gasteiger partial charge in [-0.15, -0.1) is 0 Å². The highest BCUT2D eigenvalue weighted by Gasteiger charge is 2.47. The molecule has 0 N–H and O–H groups in total. The lowest BCUT2D eigenvalue weighted by atomic mass is 9.73. The first-order chi connectivity index (χ1) is 29.1. The number of anilines is 2. The summed E-state index contributed by atoms with van der Waals surface area (Å²) in [5.74, 6) is 1.04. The fourth-order valence-electron chi connectivity index (χ4n) is 11.1. The Bertz CT molecular complexity index is 3050. The number of fused-ring (bicyclic) bond motifs is 10. The Balaban J connectivity index is 1.06. The van der Waals surface area contributed by atoms with Gasteiger partial charge in [0.25, 0.3) is 0 Å². The van der Waals surface area contributed by atoms with E-state index >= 15 is 0 Å². The van der Waals surface area contributed by atoms with Crippen molar-refractivity contribution in [3.63, 3.8) is 0 Å². The number of rotatable bonds is 6. The minimum Gasteiger partial charge on any atom is -0.311 e. The van der Waals surface area contributed by atoms with E-state index in [-0.39, 0.29) is 16.7 Å². The molecule has 3 aliphatic rings. The van der Waals surface area contributed by atoms with Gasteiger partial charge in [0, 0.05) is 28.4 Å². The van der Waals surface area contributed by atoms with E-state index in [4.69, 9.17) is 0 Å². The second-order valence-electron chi connectivity index (χ2n) is 18.7. The molecule has 0 bridgehead atoms. The summed E-state index contributed by atoms with van der Waals surface area (Å²) in [5, 5.41) is 5.34. The minimum atomic E-state index is -0.199. The van der Waals surface area contributed by atoms with Crippen molar-refractivity contribution < 1.29 is 0 Å². The van der Waals surface area contributed by atoms with E-state index in [2.05, 4.69) is 228 Å². The molecule has 0 spiro atoms. The fraction of sp³-hybridized carbons (Fsp3) is 0.186. The van der Waals surface area contributed by atoms with Crippen LogP contribution in [0.3, 0.4) is 0 Å². The summed E-state index contributed by atoms with van der Waals surface area (Å²) in [6.07, 6.45) is 7.53. The molecule has 1 nitrogen and oxygen atoms in total. The molecule has 0 saturated heterocycles. The molecule has 0 fully saturated rings. The zero-order chi connectivity index (χ0) is 40.9. The predicted molar refractivity (Wildman–Crippen MR) is 255 cm³/mol. The highest BCUT2D eigenvalue weighted by Crippen LogP contribution is 2.58. The van der Waals surface area contributed by atoms with Gasteiger partial charge >= 0.3 is 0 Å². The summed E-state index contributed by atoms with van der Waals surface area (Å²) in [4.78, 5) is 2.52. The molecule has 292 valence electrons. The molecule has 0 aliphatic heterocycles. The van der Waals surface area contributed by atoms with Crippen molar-refractivity contribution in [2.75, 3.05) is 4.90 Å². The number of allylic oxidation sites excluding steroid dienone is 3. The Labute approximate surface area is 355 Å². The molecular weight excluding hydrogens is 723 g/mol. The van der Waals surface area contributed by atoms with Crippen LogP contribution in [0.4, 0.5) is 11.4 Å². The number of nitrogens with zero attached hydrogens (tertiary/aromatic N) is 1. The molecule has 8 aromatic rings. The lowest BCUT2D eigenvalue weighted by Crippen LogP contribution is -2.28. The summed E-state index contributed by atoms with van der Waals surface area (Å²) in [5.41, 5.74) is 18.3. The Morgan fingerprint density at radius 2 is 1.05 bits per heavy atom. The van der Waals surface area contributed by atoms with Crippen LogP contribution in [0, 0.1) is 5.92 Å². The zero-order valence-electron chi connectivity index (χ0n) is 35.5. The number of hydrogen-bond acceptors (Lipinski definition) is 1. The Morgan fingerprint density at radius 3 is 1.68 bits per heavy atom. The standard InChI is InChI=1S/C59H51N/c1-37(2)38-25-27-41(28-26-38)60(42-29-31-48-52(33-42)58(3,4)54-35-50(39-17-9-7-10-18-39)44-21-13-15-23-46(44)56(48)54)43-30-32-49-53(34-43)59(5,6)55-36-51(40-19-11-8-12-20-40)45-22-14-16-24-47(45)57(49)55/h7-37,48,52H,1-6H3. The van der Waals surface area contributed by atoms with E-state index in [0.29, 0.717) is 11.8 Å². The molecule has 0 heterocycles. The van der Waals surface area contributed by atoms with Crippen molar-refractivity contribution in [2.45, 2.75) is 64.2 Å². The summed E-state index contributed by atoms with van der Waals surface area (Å²) < 4.78 is 0. The maximum atomic E-state index is 2.60. The van der Waals surface area contributed by atoms with Gasteiger partial charge in [-0.05, 0) is 142 Å². The van der Waals surface area contributed by atoms with Gasteiger partial charge in [0.2, 0.25) is 0 Å². The highest BCUT2D eigenvalue weighted by molar-refractivity contribution is 6.09. The normalized spacial score (nSPS) is 17.9. The maximum absolute atomic E-state index is 2.60. The minimum absolute atomic E-state index is 0.0875. The topological polar surface area (TPSA) is 3.24 Å². The third-order valence-electron chi connectivity index (χ3n) is 14.3. The van der Waals surface area contributed by atoms with Crippen LogP contribution in [0.25, 0.3) is 54.9 Å². The molecule has 0 radical (unpaired) electrons. The van der Waals surface area contributed by atoms with Crippen LogP contribution in [-0.4, -0.2) is 0 Å². The second-order valence-corrected chi connectivity index (χ2v) is 18.7. The zero-order valence-corrected chi connectivity index (χ0v) is 35.5. The van der Waals surface area contributed by atoms with Crippen LogP contribution in [0.15, 0.2) is 188 Å². The van der Waals surface area contributed by atoms with Crippen molar-refractivity contribution in [3.8, 4) is 33.4 Å². The SMILES string of the molecule is CC(C)c1ccc(N(C2=CC3C(C=C2)c2c(cc(-c4ccccc4)c4ccccc24)C3(C)C)c2ccc3c(c2)C(C)(C)c2cc(-c4ccccc4)c4ccccc4c2-3)cc1. The molecule has 3 aliphatic carbocycles. The van der Waals surface area contributed by atoms with Crippen LogP contribution in [0.2, 0.25) is 0 Å². The van der Waals surface area contributed by atoms with Gasteiger partial charge in [0.1, 0.15) is 0 Å². The average Bonchev–Trinajstić information content (AvgIpc) is 3.65. The van der Waals surface area contributed by atoms with E-state index in [9.17, 15) is 0 Å². The van der Waals surface area contributed by atoms with Gasteiger partial charge in [0.15, 0.2) is 0 Å². The van der Waals surface area contributed by atoms with E-state index in [0.717, 1.165) is 0 Å². The molecule has 0 saturated carbocycles. The van der Waals surface area contributed by atoms with Crippen LogP contribution in [0.1, 0.15) is 81.2 Å². The summed E-state index contributed by atoms with van der Waals surface area (Å²) in [6.45, 7) is 14.3. The number of benzene rings is 8. The first-order valence-corrected chi connectivity index (χ1v) is 21.8. The van der Waals surface area contributed by atoms with Gasteiger partial charge in [-0.3, -0.25) is 0 Å². The summed E-state index contributed by atoms with van der Waals surface area (Å²) in [7, 11) is 0. The molecule has 2 atom stereocenters. The predicted octanol–water partition coefficient (Wildman–Crippen LogP) is 16.0. The van der Waals surface area contributed by atoms with Crippen molar-refractivity contribution in [3.05, 3.63) is 216 Å². The van der Waals surface area contributed by atoms with Crippen molar-refractivity contribution in [1.29, 1.82) is 0 Å². The molecule has 11 rings (SSSR count).